The maximum atomic E-state index is 12.5. The number of pyridine rings is 1. The number of carbonyl (C=O) groups is 1. The van der Waals surface area contributed by atoms with Gasteiger partial charge >= 0.3 is 0 Å². The minimum atomic E-state index is 0.0161. The van der Waals surface area contributed by atoms with Gasteiger partial charge in [-0.1, -0.05) is 24.3 Å². The van der Waals surface area contributed by atoms with Crippen LogP contribution in [0.5, 0.6) is 5.75 Å². The molecule has 1 aromatic carbocycles. The van der Waals surface area contributed by atoms with E-state index < -0.39 is 0 Å². The molecule has 0 bridgehead atoms. The van der Waals surface area contributed by atoms with E-state index >= 15 is 0 Å². The first-order chi connectivity index (χ1) is 12.3. The second kappa shape index (κ2) is 6.93. The van der Waals surface area contributed by atoms with E-state index in [0.717, 1.165) is 30.9 Å². The predicted octanol–water partition coefficient (Wildman–Crippen LogP) is 2.51. The van der Waals surface area contributed by atoms with Crippen molar-refractivity contribution >= 4 is 11.6 Å². The van der Waals surface area contributed by atoms with Crippen LogP contribution in [0.15, 0.2) is 54.7 Å². The summed E-state index contributed by atoms with van der Waals surface area (Å²) in [7, 11) is 0. The van der Waals surface area contributed by atoms with E-state index in [1.165, 1.54) is 0 Å². The number of amides is 1. The summed E-state index contributed by atoms with van der Waals surface area (Å²) in [5.41, 5.74) is 0.841. The molecule has 4 rings (SSSR count). The summed E-state index contributed by atoms with van der Waals surface area (Å²) in [4.78, 5) is 14.4. The van der Waals surface area contributed by atoms with Gasteiger partial charge in [-0.25, -0.2) is 0 Å². The Morgan fingerprint density at radius 2 is 1.96 bits per heavy atom. The summed E-state index contributed by atoms with van der Waals surface area (Å²) in [5, 5.41) is 8.57. The van der Waals surface area contributed by atoms with Crippen LogP contribution in [0.4, 0.5) is 0 Å². The summed E-state index contributed by atoms with van der Waals surface area (Å²) < 4.78 is 7.61. The zero-order chi connectivity index (χ0) is 17.1. The number of piperidine rings is 1. The predicted molar refractivity (Wildman–Crippen MR) is 93.5 cm³/mol. The largest absolute Gasteiger partial charge is 0.484 e. The molecule has 0 radical (unpaired) electrons. The molecule has 1 atom stereocenters. The molecule has 1 aliphatic rings. The second-order valence-electron chi connectivity index (χ2n) is 6.27. The van der Waals surface area contributed by atoms with Crippen LogP contribution in [0.1, 0.15) is 24.6 Å². The molecule has 25 heavy (non-hydrogen) atoms. The fourth-order valence-corrected chi connectivity index (χ4v) is 3.31. The average molecular weight is 336 g/mol. The molecule has 0 saturated carbocycles. The highest BCUT2D eigenvalue weighted by molar-refractivity contribution is 5.78. The lowest BCUT2D eigenvalue weighted by molar-refractivity contribution is -0.134. The van der Waals surface area contributed by atoms with Crippen LogP contribution >= 0.6 is 0 Å². The van der Waals surface area contributed by atoms with Gasteiger partial charge in [-0.2, -0.15) is 0 Å². The van der Waals surface area contributed by atoms with Crippen molar-refractivity contribution in [2.45, 2.75) is 18.8 Å². The lowest BCUT2D eigenvalue weighted by Gasteiger charge is -2.31. The van der Waals surface area contributed by atoms with Gasteiger partial charge in [-0.3, -0.25) is 9.20 Å². The molecule has 1 unspecified atom stereocenters. The second-order valence-corrected chi connectivity index (χ2v) is 6.27. The van der Waals surface area contributed by atoms with E-state index in [2.05, 4.69) is 10.2 Å². The van der Waals surface area contributed by atoms with Crippen LogP contribution in [0.2, 0.25) is 0 Å². The fourth-order valence-electron chi connectivity index (χ4n) is 3.31. The number of nitrogens with zero attached hydrogens (tertiary/aromatic N) is 4. The Kier molecular flexibility index (Phi) is 4.33. The van der Waals surface area contributed by atoms with Crippen molar-refractivity contribution in [3.05, 3.63) is 60.6 Å². The van der Waals surface area contributed by atoms with Gasteiger partial charge in [-0.05, 0) is 37.1 Å². The number of para-hydroxylation sites is 1. The Morgan fingerprint density at radius 3 is 2.84 bits per heavy atom. The number of carbonyl (C=O) groups excluding carboxylic acids is 1. The minimum Gasteiger partial charge on any atom is -0.484 e. The standard InChI is InChI=1S/C19H20N4O2/c24-18(14-25-16-8-2-1-3-9-16)22-11-6-7-15(13-22)19-21-20-17-10-4-5-12-23(17)19/h1-5,8-10,12,15H,6-7,11,13-14H2. The third-order valence-corrected chi connectivity index (χ3v) is 4.58. The smallest absolute Gasteiger partial charge is 0.260 e. The molecule has 128 valence electrons. The van der Waals surface area contributed by atoms with Gasteiger partial charge in [0.15, 0.2) is 12.3 Å². The molecule has 1 saturated heterocycles. The maximum Gasteiger partial charge on any atom is 0.260 e. The van der Waals surface area contributed by atoms with Crippen LogP contribution in [0.3, 0.4) is 0 Å². The van der Waals surface area contributed by atoms with E-state index in [-0.39, 0.29) is 18.4 Å². The molecule has 1 fully saturated rings. The fraction of sp³-hybridized carbons (Fsp3) is 0.316. The third-order valence-electron chi connectivity index (χ3n) is 4.58. The monoisotopic (exact) mass is 336 g/mol. The number of hydrogen-bond acceptors (Lipinski definition) is 4. The molecule has 2 aromatic heterocycles. The molecule has 6 heteroatoms. The first kappa shape index (κ1) is 15.6. The molecular weight excluding hydrogens is 316 g/mol. The van der Waals surface area contributed by atoms with Crippen molar-refractivity contribution in [3.8, 4) is 5.75 Å². The van der Waals surface area contributed by atoms with Gasteiger partial charge in [0.05, 0.1) is 0 Å². The van der Waals surface area contributed by atoms with Gasteiger partial charge in [0, 0.05) is 25.2 Å². The number of hydrogen-bond donors (Lipinski definition) is 0. The molecular formula is C19H20N4O2. The SMILES string of the molecule is O=C(COc1ccccc1)N1CCCC(c2nnc3ccccn23)C1. The number of ether oxygens (including phenoxy) is 1. The summed E-state index contributed by atoms with van der Waals surface area (Å²) in [6.07, 6.45) is 3.95. The first-order valence-electron chi connectivity index (χ1n) is 8.56. The van der Waals surface area contributed by atoms with Crippen LogP contribution in [0, 0.1) is 0 Å². The molecule has 0 aliphatic carbocycles. The van der Waals surface area contributed by atoms with Gasteiger partial charge in [0.25, 0.3) is 5.91 Å². The maximum absolute atomic E-state index is 12.5. The molecule has 3 aromatic rings. The average Bonchev–Trinajstić information content (AvgIpc) is 3.11. The molecule has 6 nitrogen and oxygen atoms in total. The Labute approximate surface area is 146 Å². The van der Waals surface area contributed by atoms with Gasteiger partial charge in [0.2, 0.25) is 0 Å². The van der Waals surface area contributed by atoms with Crippen molar-refractivity contribution in [1.82, 2.24) is 19.5 Å². The molecule has 0 N–H and O–H groups in total. The molecule has 3 heterocycles. The number of rotatable bonds is 4. The Balaban J connectivity index is 1.43. The number of aromatic nitrogens is 3. The minimum absolute atomic E-state index is 0.0161. The quantitative estimate of drug-likeness (QED) is 0.734. The van der Waals surface area contributed by atoms with Crippen LogP contribution < -0.4 is 4.74 Å². The van der Waals surface area contributed by atoms with E-state index in [4.69, 9.17) is 4.74 Å². The van der Waals surface area contributed by atoms with Gasteiger partial charge < -0.3 is 9.64 Å². The summed E-state index contributed by atoms with van der Waals surface area (Å²) in [6.45, 7) is 1.49. The van der Waals surface area contributed by atoms with Crippen molar-refractivity contribution < 1.29 is 9.53 Å². The normalized spacial score (nSPS) is 17.6. The zero-order valence-corrected chi connectivity index (χ0v) is 13.9. The zero-order valence-electron chi connectivity index (χ0n) is 13.9. The van der Waals surface area contributed by atoms with Crippen LogP contribution in [-0.2, 0) is 4.79 Å². The lowest BCUT2D eigenvalue weighted by atomic mass is 9.97. The van der Waals surface area contributed by atoms with Crippen molar-refractivity contribution in [3.63, 3.8) is 0 Å². The summed E-state index contributed by atoms with van der Waals surface area (Å²) in [5.74, 6) is 1.86. The highest BCUT2D eigenvalue weighted by Gasteiger charge is 2.28. The van der Waals surface area contributed by atoms with Gasteiger partial charge in [0.1, 0.15) is 11.6 Å². The van der Waals surface area contributed by atoms with Crippen molar-refractivity contribution in [1.29, 1.82) is 0 Å². The van der Waals surface area contributed by atoms with E-state index in [1.807, 2.05) is 64.0 Å². The number of fused-ring (bicyclic) bond motifs is 1. The van der Waals surface area contributed by atoms with Crippen LogP contribution in [0.25, 0.3) is 5.65 Å². The lowest BCUT2D eigenvalue weighted by Crippen LogP contribution is -2.42. The van der Waals surface area contributed by atoms with E-state index in [9.17, 15) is 4.79 Å². The Morgan fingerprint density at radius 1 is 1.12 bits per heavy atom. The van der Waals surface area contributed by atoms with Crippen molar-refractivity contribution in [2.24, 2.45) is 0 Å². The molecule has 0 spiro atoms. The summed E-state index contributed by atoms with van der Waals surface area (Å²) >= 11 is 0. The van der Waals surface area contributed by atoms with Gasteiger partial charge in [-0.15, -0.1) is 10.2 Å². The Bertz CT molecular complexity index is 862. The highest BCUT2D eigenvalue weighted by atomic mass is 16.5. The Hall–Kier alpha value is -2.89. The number of benzene rings is 1. The van der Waals surface area contributed by atoms with E-state index in [0.29, 0.717) is 12.3 Å². The highest BCUT2D eigenvalue weighted by Crippen LogP contribution is 2.26. The molecule has 1 aliphatic heterocycles. The first-order valence-corrected chi connectivity index (χ1v) is 8.56. The summed E-state index contributed by atoms with van der Waals surface area (Å²) in [6, 6.07) is 15.3. The third kappa shape index (κ3) is 3.33. The van der Waals surface area contributed by atoms with Crippen molar-refractivity contribution in [2.75, 3.05) is 19.7 Å². The molecule has 1 amide bonds. The number of likely N-dealkylation sites (tertiary alicyclic amines) is 1. The van der Waals surface area contributed by atoms with E-state index in [1.54, 1.807) is 0 Å². The van der Waals surface area contributed by atoms with Crippen LogP contribution in [-0.4, -0.2) is 45.1 Å². The topological polar surface area (TPSA) is 59.7 Å².